The molecule has 0 unspecified atom stereocenters. The number of pyridine rings is 1. The number of ether oxygens (including phenoxy) is 3. The second kappa shape index (κ2) is 12.8. The molecule has 2 N–H and O–H groups in total. The number of aromatic amines is 1. The Balaban J connectivity index is 0.994. The van der Waals surface area contributed by atoms with Gasteiger partial charge in [0, 0.05) is 73.8 Å². The summed E-state index contributed by atoms with van der Waals surface area (Å²) in [6, 6.07) is 25.2. The molecule has 7 rings (SSSR count). The van der Waals surface area contributed by atoms with Gasteiger partial charge in [-0.2, -0.15) is 0 Å². The molecule has 3 aliphatic rings. The highest BCUT2D eigenvalue weighted by Gasteiger charge is 2.24. The summed E-state index contributed by atoms with van der Waals surface area (Å²) in [5.74, 6) is 2.61. The van der Waals surface area contributed by atoms with Gasteiger partial charge in [0.05, 0.1) is 26.0 Å². The molecule has 4 heterocycles. The largest absolute Gasteiger partial charge is 0.497 e. The van der Waals surface area contributed by atoms with E-state index in [4.69, 9.17) is 14.2 Å². The van der Waals surface area contributed by atoms with Crippen molar-refractivity contribution in [3.8, 4) is 28.5 Å². The predicted octanol–water partition coefficient (Wildman–Crippen LogP) is 5.70. The number of morpholine rings is 1. The number of piperidine rings is 1. The van der Waals surface area contributed by atoms with Gasteiger partial charge in [0.15, 0.2) is 0 Å². The number of para-hydroxylation sites is 1. The molecule has 0 aliphatic carbocycles. The van der Waals surface area contributed by atoms with Crippen molar-refractivity contribution in [3.63, 3.8) is 0 Å². The van der Waals surface area contributed by atoms with Gasteiger partial charge < -0.3 is 34.3 Å². The van der Waals surface area contributed by atoms with Gasteiger partial charge in [-0.3, -0.25) is 4.79 Å². The lowest BCUT2D eigenvalue weighted by molar-refractivity contribution is 0.122. The number of benzene rings is 3. The number of nitrogens with one attached hydrogen (secondary N) is 2. The molecule has 0 atom stereocenters. The first-order chi connectivity index (χ1) is 21.6. The number of hydrogen-bond donors (Lipinski definition) is 2. The SMILES string of the molecule is COc1cccc(CCN2CCC(Nc3ccc4c(c3)Cc3cccc(-c5cc(N6CCOCC6)cc(=O)[nH]5)c3O4)CC2)c1. The number of likely N-dealkylation sites (tertiary alicyclic amines) is 1. The van der Waals surface area contributed by atoms with Gasteiger partial charge in [-0.1, -0.05) is 24.3 Å². The van der Waals surface area contributed by atoms with E-state index in [1.54, 1.807) is 13.2 Å². The van der Waals surface area contributed by atoms with Gasteiger partial charge in [-0.15, -0.1) is 0 Å². The number of nitrogens with zero attached hydrogens (tertiary/aromatic N) is 2. The van der Waals surface area contributed by atoms with E-state index in [0.29, 0.717) is 19.3 Å². The minimum atomic E-state index is -0.115. The van der Waals surface area contributed by atoms with Crippen LogP contribution in [0.25, 0.3) is 11.3 Å². The van der Waals surface area contributed by atoms with Crippen LogP contribution in [-0.4, -0.2) is 69.0 Å². The molecule has 0 bridgehead atoms. The van der Waals surface area contributed by atoms with Crippen LogP contribution in [-0.2, 0) is 17.6 Å². The Morgan fingerprint density at radius 3 is 2.61 bits per heavy atom. The van der Waals surface area contributed by atoms with E-state index in [1.165, 1.54) is 11.1 Å². The number of anilines is 2. The van der Waals surface area contributed by atoms with Crippen molar-refractivity contribution in [2.24, 2.45) is 0 Å². The molecule has 0 radical (unpaired) electrons. The van der Waals surface area contributed by atoms with Crippen molar-refractivity contribution in [2.45, 2.75) is 31.7 Å². The number of rotatable bonds is 8. The number of fused-ring (bicyclic) bond motifs is 2. The molecule has 2 saturated heterocycles. The van der Waals surface area contributed by atoms with Crippen LogP contribution in [0.3, 0.4) is 0 Å². The van der Waals surface area contributed by atoms with Crippen molar-refractivity contribution in [1.82, 2.24) is 9.88 Å². The summed E-state index contributed by atoms with van der Waals surface area (Å²) in [7, 11) is 1.72. The molecule has 3 aromatic carbocycles. The maximum atomic E-state index is 12.7. The highest BCUT2D eigenvalue weighted by molar-refractivity contribution is 5.74. The van der Waals surface area contributed by atoms with E-state index in [-0.39, 0.29) is 5.56 Å². The zero-order valence-corrected chi connectivity index (χ0v) is 25.3. The molecular formula is C36H40N4O4. The minimum Gasteiger partial charge on any atom is -0.497 e. The molecule has 1 aromatic heterocycles. The quantitative estimate of drug-likeness (QED) is 0.239. The third kappa shape index (κ3) is 6.32. The minimum absolute atomic E-state index is 0.115. The monoisotopic (exact) mass is 592 g/mol. The Hall–Kier alpha value is -4.27. The van der Waals surface area contributed by atoms with E-state index in [2.05, 4.69) is 68.6 Å². The molecule has 0 saturated carbocycles. The molecule has 8 nitrogen and oxygen atoms in total. The fourth-order valence-corrected chi connectivity index (χ4v) is 6.61. The third-order valence-corrected chi connectivity index (χ3v) is 9.05. The average molecular weight is 593 g/mol. The van der Waals surface area contributed by atoms with Gasteiger partial charge in [0.1, 0.15) is 17.2 Å². The molecule has 4 aromatic rings. The lowest BCUT2D eigenvalue weighted by Gasteiger charge is -2.33. The van der Waals surface area contributed by atoms with E-state index < -0.39 is 0 Å². The van der Waals surface area contributed by atoms with Crippen LogP contribution in [0, 0.1) is 0 Å². The second-order valence-corrected chi connectivity index (χ2v) is 12.0. The van der Waals surface area contributed by atoms with E-state index in [0.717, 1.165) is 104 Å². The Morgan fingerprint density at radius 2 is 1.77 bits per heavy atom. The molecular weight excluding hydrogens is 552 g/mol. The van der Waals surface area contributed by atoms with Gasteiger partial charge >= 0.3 is 0 Å². The number of H-pyrrole nitrogens is 1. The van der Waals surface area contributed by atoms with Gasteiger partial charge in [-0.25, -0.2) is 0 Å². The second-order valence-electron chi connectivity index (χ2n) is 12.0. The fraction of sp³-hybridized carbons (Fsp3) is 0.361. The average Bonchev–Trinajstić information content (AvgIpc) is 3.07. The molecule has 0 amide bonds. The van der Waals surface area contributed by atoms with Crippen LogP contribution in [0.1, 0.15) is 29.5 Å². The zero-order chi connectivity index (χ0) is 29.9. The first-order valence-electron chi connectivity index (χ1n) is 15.7. The summed E-state index contributed by atoms with van der Waals surface area (Å²) >= 11 is 0. The summed E-state index contributed by atoms with van der Waals surface area (Å²) in [6.45, 7) is 6.16. The highest BCUT2D eigenvalue weighted by atomic mass is 16.5. The summed E-state index contributed by atoms with van der Waals surface area (Å²) in [5.41, 5.74) is 7.23. The van der Waals surface area contributed by atoms with Crippen molar-refractivity contribution in [2.75, 3.05) is 63.3 Å². The molecule has 228 valence electrons. The maximum Gasteiger partial charge on any atom is 0.250 e. The van der Waals surface area contributed by atoms with Crippen molar-refractivity contribution >= 4 is 11.4 Å². The molecule has 2 fully saturated rings. The highest BCUT2D eigenvalue weighted by Crippen LogP contribution is 2.43. The summed E-state index contributed by atoms with van der Waals surface area (Å²) in [4.78, 5) is 20.5. The predicted molar refractivity (Wildman–Crippen MR) is 175 cm³/mol. The molecule has 8 heteroatoms. The van der Waals surface area contributed by atoms with Crippen LogP contribution < -0.4 is 25.2 Å². The van der Waals surface area contributed by atoms with Gasteiger partial charge in [0.2, 0.25) is 5.56 Å². The topological polar surface area (TPSA) is 79.1 Å². The molecule has 3 aliphatic heterocycles. The van der Waals surface area contributed by atoms with Gasteiger partial charge in [0.25, 0.3) is 0 Å². The summed E-state index contributed by atoms with van der Waals surface area (Å²) < 4.78 is 17.4. The third-order valence-electron chi connectivity index (χ3n) is 9.05. The standard InChI is InChI=1S/C36H40N4O4/c1-42-31-6-2-4-25(20-31)10-13-39-14-11-28(12-15-39)37-29-8-9-34-27(22-29)21-26-5-3-7-32(36(26)44-34)33-23-30(24-35(41)38-33)40-16-18-43-19-17-40/h2-9,20,22-24,28,37H,10-19,21H2,1H3,(H,38,41). The number of methoxy groups -OCH3 is 1. The van der Waals surface area contributed by atoms with Gasteiger partial charge in [-0.05, 0) is 72.9 Å². The van der Waals surface area contributed by atoms with Crippen LogP contribution in [0.15, 0.2) is 77.6 Å². The summed E-state index contributed by atoms with van der Waals surface area (Å²) in [6.07, 6.45) is 4.07. The Labute approximate surface area is 258 Å². The van der Waals surface area contributed by atoms with Crippen LogP contribution in [0.2, 0.25) is 0 Å². The van der Waals surface area contributed by atoms with Crippen LogP contribution >= 0.6 is 0 Å². The Bertz CT molecular complexity index is 1670. The smallest absolute Gasteiger partial charge is 0.250 e. The maximum absolute atomic E-state index is 12.7. The Morgan fingerprint density at radius 1 is 0.932 bits per heavy atom. The van der Waals surface area contributed by atoms with E-state index in [9.17, 15) is 4.79 Å². The van der Waals surface area contributed by atoms with Crippen LogP contribution in [0.5, 0.6) is 17.2 Å². The van der Waals surface area contributed by atoms with Crippen molar-refractivity contribution in [3.05, 3.63) is 99.8 Å². The van der Waals surface area contributed by atoms with E-state index >= 15 is 0 Å². The number of hydrogen-bond acceptors (Lipinski definition) is 7. The lowest BCUT2D eigenvalue weighted by Crippen LogP contribution is -2.40. The lowest BCUT2D eigenvalue weighted by atomic mass is 9.95. The summed E-state index contributed by atoms with van der Waals surface area (Å²) in [5, 5.41) is 3.79. The molecule has 0 spiro atoms. The van der Waals surface area contributed by atoms with Crippen molar-refractivity contribution in [1.29, 1.82) is 0 Å². The normalized spacial score (nSPS) is 17.0. The molecule has 44 heavy (non-hydrogen) atoms. The van der Waals surface area contributed by atoms with Crippen LogP contribution in [0.4, 0.5) is 11.4 Å². The Kier molecular flexibility index (Phi) is 8.27. The first-order valence-corrected chi connectivity index (χ1v) is 15.7. The zero-order valence-electron chi connectivity index (χ0n) is 25.3. The number of aromatic nitrogens is 1. The fourth-order valence-electron chi connectivity index (χ4n) is 6.61. The van der Waals surface area contributed by atoms with E-state index in [1.807, 2.05) is 18.2 Å². The van der Waals surface area contributed by atoms with Crippen molar-refractivity contribution < 1.29 is 14.2 Å². The first kappa shape index (κ1) is 28.5.